The molecule has 1 aliphatic carbocycles. The van der Waals surface area contributed by atoms with Gasteiger partial charge in [-0.05, 0) is 19.4 Å². The number of carbonyl (C=O) groups excluding carboxylic acids is 4. The summed E-state index contributed by atoms with van der Waals surface area (Å²) in [6, 6.07) is 0. The summed E-state index contributed by atoms with van der Waals surface area (Å²) in [6.07, 6.45) is 0.964. The van der Waals surface area contributed by atoms with Crippen molar-refractivity contribution in [1.82, 2.24) is 0 Å². The fourth-order valence-electron chi connectivity index (χ4n) is 2.05. The maximum Gasteiger partial charge on any atom is 0.333 e. The van der Waals surface area contributed by atoms with Crippen LogP contribution >= 0.6 is 0 Å². The maximum absolute atomic E-state index is 11.5. The lowest BCUT2D eigenvalue weighted by molar-refractivity contribution is -0.318. The fraction of sp³-hybridized carbons (Fsp3) is 0.333. The highest BCUT2D eigenvalue weighted by molar-refractivity contribution is 5.96. The van der Waals surface area contributed by atoms with Crippen molar-refractivity contribution in [2.75, 3.05) is 0 Å². The van der Waals surface area contributed by atoms with Crippen LogP contribution in [0, 0.1) is 11.3 Å². The van der Waals surface area contributed by atoms with Gasteiger partial charge in [0.1, 0.15) is 6.10 Å². The van der Waals surface area contributed by atoms with Crippen LogP contribution in [-0.2, 0) is 23.9 Å². The molecule has 1 aliphatic rings. The molecule has 1 rings (SSSR count). The highest BCUT2D eigenvalue weighted by Gasteiger charge is 2.40. The summed E-state index contributed by atoms with van der Waals surface area (Å²) in [5.41, 5.74) is -2.98. The molecule has 8 nitrogen and oxygen atoms in total. The molecule has 0 N–H and O–H groups in total. The second-order valence-electron chi connectivity index (χ2n) is 5.09. The van der Waals surface area contributed by atoms with Crippen molar-refractivity contribution < 1.29 is 39.2 Å². The predicted octanol–water partition coefficient (Wildman–Crippen LogP) is -3.16. The normalized spacial score (nSPS) is 24.3. The highest BCUT2D eigenvalue weighted by Crippen LogP contribution is 2.36. The molecule has 0 fully saturated rings. The molecule has 3 unspecified atom stereocenters. The molecule has 0 bridgehead atoms. The molecule has 124 valence electrons. The average molecular weight is 321 g/mol. The van der Waals surface area contributed by atoms with E-state index in [0.29, 0.717) is 6.08 Å². The van der Waals surface area contributed by atoms with Gasteiger partial charge in [-0.25, -0.2) is 4.79 Å². The van der Waals surface area contributed by atoms with Gasteiger partial charge in [-0.2, -0.15) is 0 Å². The van der Waals surface area contributed by atoms with Crippen molar-refractivity contribution in [3.05, 3.63) is 36.0 Å². The monoisotopic (exact) mass is 321 g/mol. The van der Waals surface area contributed by atoms with Gasteiger partial charge < -0.3 is 34.4 Å². The van der Waals surface area contributed by atoms with Crippen LogP contribution in [0.15, 0.2) is 36.0 Å². The minimum absolute atomic E-state index is 0.00172. The summed E-state index contributed by atoms with van der Waals surface area (Å²) in [5, 5.41) is 33.5. The first-order valence-corrected chi connectivity index (χ1v) is 6.45. The van der Waals surface area contributed by atoms with E-state index < -0.39 is 46.9 Å². The number of rotatable bonds is 6. The molecule has 0 aromatic carbocycles. The minimum atomic E-state index is -2.16. The molecule has 8 heteroatoms. The highest BCUT2D eigenvalue weighted by atomic mass is 16.5. The Morgan fingerprint density at radius 1 is 1.26 bits per heavy atom. The number of aliphatic carboxylic acids is 3. The Morgan fingerprint density at radius 3 is 2.22 bits per heavy atom. The summed E-state index contributed by atoms with van der Waals surface area (Å²) in [5.74, 6) is -7.97. The van der Waals surface area contributed by atoms with Gasteiger partial charge in [-0.1, -0.05) is 24.8 Å². The molecule has 0 saturated carbocycles. The quantitative estimate of drug-likeness (QED) is 0.283. The molecule has 0 spiro atoms. The Kier molecular flexibility index (Phi) is 5.11. The van der Waals surface area contributed by atoms with Gasteiger partial charge in [0.15, 0.2) is 0 Å². The number of carboxylic acids is 3. The van der Waals surface area contributed by atoms with Crippen molar-refractivity contribution in [1.29, 1.82) is 0 Å². The van der Waals surface area contributed by atoms with E-state index in [9.17, 15) is 34.5 Å². The lowest BCUT2D eigenvalue weighted by Gasteiger charge is -2.39. The smallest absolute Gasteiger partial charge is 0.333 e. The third-order valence-corrected chi connectivity index (χ3v) is 3.44. The van der Waals surface area contributed by atoms with E-state index >= 15 is 0 Å². The van der Waals surface area contributed by atoms with E-state index in [1.165, 1.54) is 13.8 Å². The lowest BCUT2D eigenvalue weighted by Crippen LogP contribution is -2.51. The standard InChI is InChI=1S/C15H16O8/c1-7(2)13(20)23-8(3)15(14(21)22)5-4-9(11(16)17)10(6-15)12(18)19/h4-6,8-9H,1H2,2-3H3,(H,16,17)(H,18,19)(H,21,22)/p-3. The Balaban J connectivity index is 3.35. The number of carbonyl (C=O) groups is 4. The van der Waals surface area contributed by atoms with Crippen molar-refractivity contribution in [3.8, 4) is 0 Å². The van der Waals surface area contributed by atoms with Crippen molar-refractivity contribution in [2.45, 2.75) is 20.0 Å². The zero-order valence-electron chi connectivity index (χ0n) is 12.4. The third-order valence-electron chi connectivity index (χ3n) is 3.44. The summed E-state index contributed by atoms with van der Waals surface area (Å²) in [4.78, 5) is 45.1. The van der Waals surface area contributed by atoms with Crippen LogP contribution in [0.3, 0.4) is 0 Å². The molecule has 0 heterocycles. The largest absolute Gasteiger partial charge is 0.549 e. The molecule has 0 radical (unpaired) electrons. The van der Waals surface area contributed by atoms with Crippen LogP contribution in [0.5, 0.6) is 0 Å². The summed E-state index contributed by atoms with van der Waals surface area (Å²) in [7, 11) is 0. The van der Waals surface area contributed by atoms with Crippen LogP contribution in [0.25, 0.3) is 0 Å². The molecule has 23 heavy (non-hydrogen) atoms. The Hall–Kier alpha value is -2.90. The Labute approximate surface area is 131 Å². The Bertz CT molecular complexity index is 642. The van der Waals surface area contributed by atoms with E-state index in [1.807, 2.05) is 0 Å². The number of hydrogen-bond acceptors (Lipinski definition) is 8. The first-order valence-electron chi connectivity index (χ1n) is 6.45. The number of carboxylic acid groups (broad SMARTS) is 3. The van der Waals surface area contributed by atoms with Gasteiger partial charge in [-0.3, -0.25) is 0 Å². The molecular formula is C15H13O8-3. The zero-order chi connectivity index (χ0) is 17.9. The molecule has 0 aliphatic heterocycles. The second kappa shape index (κ2) is 6.47. The minimum Gasteiger partial charge on any atom is -0.549 e. The molecule has 3 atom stereocenters. The van der Waals surface area contributed by atoms with Gasteiger partial charge >= 0.3 is 5.97 Å². The van der Waals surface area contributed by atoms with Crippen LogP contribution in [0.4, 0.5) is 0 Å². The number of esters is 1. The Morgan fingerprint density at radius 2 is 1.83 bits per heavy atom. The average Bonchev–Trinajstić information content (AvgIpc) is 2.45. The van der Waals surface area contributed by atoms with E-state index in [-0.39, 0.29) is 5.57 Å². The molecule has 0 amide bonds. The van der Waals surface area contributed by atoms with Crippen LogP contribution in [0.2, 0.25) is 0 Å². The zero-order valence-corrected chi connectivity index (χ0v) is 12.4. The van der Waals surface area contributed by atoms with Crippen LogP contribution < -0.4 is 15.3 Å². The van der Waals surface area contributed by atoms with Gasteiger partial charge in [-0.15, -0.1) is 0 Å². The summed E-state index contributed by atoms with van der Waals surface area (Å²) >= 11 is 0. The molecule has 0 aromatic rings. The van der Waals surface area contributed by atoms with Crippen molar-refractivity contribution >= 4 is 23.9 Å². The van der Waals surface area contributed by atoms with Gasteiger partial charge in [0, 0.05) is 11.5 Å². The first-order chi connectivity index (χ1) is 10.5. The topological polar surface area (TPSA) is 147 Å². The second-order valence-corrected chi connectivity index (χ2v) is 5.09. The predicted molar refractivity (Wildman–Crippen MR) is 68.5 cm³/mol. The van der Waals surface area contributed by atoms with E-state index in [4.69, 9.17) is 4.74 Å². The van der Waals surface area contributed by atoms with Crippen LogP contribution in [0.1, 0.15) is 13.8 Å². The number of hydrogen-bond donors (Lipinski definition) is 0. The van der Waals surface area contributed by atoms with Gasteiger partial charge in [0.05, 0.1) is 23.3 Å². The first kappa shape index (κ1) is 18.1. The summed E-state index contributed by atoms with van der Waals surface area (Å²) in [6.45, 7) is 5.88. The van der Waals surface area contributed by atoms with E-state index in [2.05, 4.69) is 6.58 Å². The van der Waals surface area contributed by atoms with Crippen LogP contribution in [-0.4, -0.2) is 30.0 Å². The molecular weight excluding hydrogens is 308 g/mol. The summed E-state index contributed by atoms with van der Waals surface area (Å²) < 4.78 is 4.91. The molecule has 0 aromatic heterocycles. The van der Waals surface area contributed by atoms with Gasteiger partial charge in [0.2, 0.25) is 0 Å². The van der Waals surface area contributed by atoms with E-state index in [1.54, 1.807) is 0 Å². The lowest BCUT2D eigenvalue weighted by atomic mass is 9.74. The number of ether oxygens (including phenoxy) is 1. The maximum atomic E-state index is 11.5. The SMILES string of the molecule is C=C(C)C(=O)OC(C)C1(C(=O)[O-])C=CC(C(=O)[O-])C(C(=O)[O-])=C1. The molecule has 0 saturated heterocycles. The fourth-order valence-corrected chi connectivity index (χ4v) is 2.05. The van der Waals surface area contributed by atoms with Gasteiger partial charge in [0.25, 0.3) is 0 Å². The third kappa shape index (κ3) is 3.47. The van der Waals surface area contributed by atoms with E-state index in [0.717, 1.165) is 12.2 Å². The van der Waals surface area contributed by atoms with Crippen molar-refractivity contribution in [3.63, 3.8) is 0 Å². The van der Waals surface area contributed by atoms with Crippen molar-refractivity contribution in [2.24, 2.45) is 11.3 Å².